The number of carbonyl (C=O) groups is 3. The van der Waals surface area contributed by atoms with E-state index in [1.54, 1.807) is 30.0 Å². The van der Waals surface area contributed by atoms with Crippen LogP contribution >= 0.6 is 0 Å². The van der Waals surface area contributed by atoms with Crippen molar-refractivity contribution in [3.63, 3.8) is 0 Å². The second kappa shape index (κ2) is 10.4. The minimum absolute atomic E-state index is 0.0220. The molecule has 0 aliphatic carbocycles. The Bertz CT molecular complexity index is 1010. The van der Waals surface area contributed by atoms with Gasteiger partial charge in [0.25, 0.3) is 5.91 Å². The number of hydrogen-bond acceptors (Lipinski definition) is 5. The van der Waals surface area contributed by atoms with E-state index in [1.807, 2.05) is 51.1 Å². The second-order valence-corrected chi connectivity index (χ2v) is 10.2. The van der Waals surface area contributed by atoms with Crippen LogP contribution in [0.1, 0.15) is 52.0 Å². The summed E-state index contributed by atoms with van der Waals surface area (Å²) in [6, 6.07) is 13.4. The molecule has 0 radical (unpaired) electrons. The van der Waals surface area contributed by atoms with Crippen LogP contribution in [0, 0.1) is 5.41 Å². The number of pyridine rings is 1. The van der Waals surface area contributed by atoms with E-state index in [1.165, 1.54) is 5.56 Å². The third kappa shape index (κ3) is 5.51. The van der Waals surface area contributed by atoms with Gasteiger partial charge in [-0.3, -0.25) is 19.8 Å². The summed E-state index contributed by atoms with van der Waals surface area (Å²) < 4.78 is -0.0477. The quantitative estimate of drug-likeness (QED) is 0.297. The summed E-state index contributed by atoms with van der Waals surface area (Å²) in [5.74, 6) is -0.953. The Balaban J connectivity index is 1.84. The summed E-state index contributed by atoms with van der Waals surface area (Å²) in [4.78, 5) is 43.5. The minimum atomic E-state index is -0.939. The Morgan fingerprint density at radius 3 is 2.38 bits per heavy atom. The highest BCUT2D eigenvalue weighted by Gasteiger charge is 2.63. The van der Waals surface area contributed by atoms with Crippen molar-refractivity contribution in [2.45, 2.75) is 58.4 Å². The summed E-state index contributed by atoms with van der Waals surface area (Å²) in [5, 5.41) is 12.1. The van der Waals surface area contributed by atoms with E-state index >= 15 is 0 Å². The number of aromatic nitrogens is 1. The zero-order valence-electron chi connectivity index (χ0n) is 20.2. The number of likely N-dealkylation sites (tertiary alicyclic amines) is 1. The highest BCUT2D eigenvalue weighted by Crippen LogP contribution is 2.47. The van der Waals surface area contributed by atoms with E-state index in [0.29, 0.717) is 25.1 Å². The first-order valence-corrected chi connectivity index (χ1v) is 11.7. The molecule has 2 aromatic rings. The molecule has 1 saturated heterocycles. The van der Waals surface area contributed by atoms with Crippen LogP contribution in [0.2, 0.25) is 0 Å². The Morgan fingerprint density at radius 2 is 1.76 bits per heavy atom. The Labute approximate surface area is 200 Å². The Kier molecular flexibility index (Phi) is 7.84. The van der Waals surface area contributed by atoms with E-state index in [9.17, 15) is 19.6 Å². The fraction of sp³-hybridized carbons (Fsp3) is 0.462. The van der Waals surface area contributed by atoms with Gasteiger partial charge in [0, 0.05) is 30.9 Å². The molecule has 3 amide bonds. The minimum Gasteiger partial charge on any atom is -0.321 e. The summed E-state index contributed by atoms with van der Waals surface area (Å²) in [6.45, 7) is 6.30. The molecule has 3 N–H and O–H groups in total. The van der Waals surface area contributed by atoms with Crippen molar-refractivity contribution < 1.29 is 24.1 Å². The summed E-state index contributed by atoms with van der Waals surface area (Å²) >= 11 is 0. The lowest BCUT2D eigenvalue weighted by atomic mass is 9.77. The molecule has 0 saturated carbocycles. The average molecular weight is 468 g/mol. The molecule has 34 heavy (non-hydrogen) atoms. The summed E-state index contributed by atoms with van der Waals surface area (Å²) in [5.41, 5.74) is 2.00. The van der Waals surface area contributed by atoms with Gasteiger partial charge in [-0.1, -0.05) is 30.3 Å². The van der Waals surface area contributed by atoms with Crippen molar-refractivity contribution in [2.75, 3.05) is 18.4 Å². The molecule has 1 aliphatic heterocycles. The fourth-order valence-electron chi connectivity index (χ4n) is 5.08. The number of hydroxylamine groups is 1. The van der Waals surface area contributed by atoms with Crippen molar-refractivity contribution in [3.05, 3.63) is 60.4 Å². The molecule has 0 spiro atoms. The lowest BCUT2D eigenvalue weighted by Crippen LogP contribution is -2.65. The van der Waals surface area contributed by atoms with E-state index in [4.69, 9.17) is 0 Å². The average Bonchev–Trinajstić information content (AvgIpc) is 3.07. The SMILES string of the molecule is CC(C)(C)[N+]1(CC(=O)Nc2ccncc2)CCC(CCCc2ccccc2)(CC(=O)NO)C1=O. The fourth-order valence-corrected chi connectivity index (χ4v) is 5.08. The maximum absolute atomic E-state index is 14.2. The maximum atomic E-state index is 14.2. The van der Waals surface area contributed by atoms with E-state index in [0.717, 1.165) is 12.8 Å². The van der Waals surface area contributed by atoms with Gasteiger partial charge in [-0.2, -0.15) is 0 Å². The predicted octanol–water partition coefficient (Wildman–Crippen LogP) is 3.47. The molecule has 2 atom stereocenters. The topological polar surface area (TPSA) is 108 Å². The van der Waals surface area contributed by atoms with Gasteiger partial charge in [0.1, 0.15) is 0 Å². The number of benzene rings is 1. The Hall–Kier alpha value is -3.10. The summed E-state index contributed by atoms with van der Waals surface area (Å²) in [7, 11) is 0. The van der Waals surface area contributed by atoms with E-state index in [2.05, 4.69) is 10.3 Å². The Morgan fingerprint density at radius 1 is 1.09 bits per heavy atom. The summed E-state index contributed by atoms with van der Waals surface area (Å²) in [6.07, 6.45) is 5.59. The lowest BCUT2D eigenvalue weighted by Gasteiger charge is -2.44. The van der Waals surface area contributed by atoms with Gasteiger partial charge >= 0.3 is 5.91 Å². The molecule has 0 bridgehead atoms. The second-order valence-electron chi connectivity index (χ2n) is 10.2. The van der Waals surface area contributed by atoms with E-state index in [-0.39, 0.29) is 29.3 Å². The van der Waals surface area contributed by atoms with Crippen LogP contribution in [0.4, 0.5) is 5.69 Å². The highest BCUT2D eigenvalue weighted by molar-refractivity contribution is 5.94. The first-order valence-electron chi connectivity index (χ1n) is 11.7. The molecule has 1 aromatic carbocycles. The molecule has 8 nitrogen and oxygen atoms in total. The first-order chi connectivity index (χ1) is 16.1. The molecule has 2 heterocycles. The third-order valence-electron chi connectivity index (χ3n) is 7.06. The number of quaternary nitrogens is 1. The first kappa shape index (κ1) is 25.5. The largest absolute Gasteiger partial charge is 0.321 e. The molecule has 8 heteroatoms. The number of nitrogens with one attached hydrogen (secondary N) is 2. The molecular weight excluding hydrogens is 432 g/mol. The number of aryl methyl sites for hydroxylation is 1. The van der Waals surface area contributed by atoms with Gasteiger partial charge < -0.3 is 5.32 Å². The number of hydrogen-bond donors (Lipinski definition) is 3. The third-order valence-corrected chi connectivity index (χ3v) is 7.06. The monoisotopic (exact) mass is 467 g/mol. The number of rotatable bonds is 9. The van der Waals surface area contributed by atoms with Crippen LogP contribution in [-0.4, -0.2) is 51.0 Å². The van der Waals surface area contributed by atoms with Gasteiger partial charge in [-0.05, 0) is 57.7 Å². The molecule has 1 fully saturated rings. The van der Waals surface area contributed by atoms with Crippen LogP contribution in [0.3, 0.4) is 0 Å². The maximum Gasteiger partial charge on any atom is 0.321 e. The van der Waals surface area contributed by atoms with Crippen LogP contribution in [-0.2, 0) is 20.8 Å². The number of nitrogens with zero attached hydrogens (tertiary/aromatic N) is 2. The zero-order valence-corrected chi connectivity index (χ0v) is 20.2. The van der Waals surface area contributed by atoms with Crippen molar-refractivity contribution in [3.8, 4) is 0 Å². The molecule has 182 valence electrons. The molecule has 3 rings (SSSR count). The van der Waals surface area contributed by atoms with Gasteiger partial charge in [0.2, 0.25) is 5.91 Å². The van der Waals surface area contributed by atoms with E-state index < -0.39 is 16.9 Å². The van der Waals surface area contributed by atoms with Gasteiger partial charge in [0.15, 0.2) is 6.54 Å². The molecule has 2 unspecified atom stereocenters. The van der Waals surface area contributed by atoms with Crippen molar-refractivity contribution in [1.29, 1.82) is 0 Å². The number of anilines is 1. The number of amides is 3. The van der Waals surface area contributed by atoms with Crippen LogP contribution in [0.25, 0.3) is 0 Å². The molecular formula is C26H35N4O4+. The predicted molar refractivity (Wildman–Crippen MR) is 129 cm³/mol. The van der Waals surface area contributed by atoms with Gasteiger partial charge in [-0.15, -0.1) is 0 Å². The van der Waals surface area contributed by atoms with Crippen LogP contribution in [0.5, 0.6) is 0 Å². The van der Waals surface area contributed by atoms with Crippen LogP contribution < -0.4 is 10.8 Å². The smallest absolute Gasteiger partial charge is 0.321 e. The normalized spacial score (nSPS) is 22.4. The van der Waals surface area contributed by atoms with Crippen LogP contribution in [0.15, 0.2) is 54.9 Å². The zero-order chi connectivity index (χ0) is 24.8. The van der Waals surface area contributed by atoms with Crippen molar-refractivity contribution in [1.82, 2.24) is 10.5 Å². The highest BCUT2D eigenvalue weighted by atomic mass is 16.5. The van der Waals surface area contributed by atoms with Crippen molar-refractivity contribution >= 4 is 23.4 Å². The van der Waals surface area contributed by atoms with Crippen molar-refractivity contribution in [2.24, 2.45) is 5.41 Å². The van der Waals surface area contributed by atoms with Gasteiger partial charge in [0.05, 0.1) is 17.5 Å². The van der Waals surface area contributed by atoms with Gasteiger partial charge in [-0.25, -0.2) is 14.8 Å². The standard InChI is InChI=1S/C26H34N4O4/c1-25(2,3)30(19-23(32)28-21-11-15-27-16-12-21)17-14-26(24(30)33,18-22(31)29-34)13-7-10-20-8-5-4-6-9-20/h4-6,8-9,11-12,15-16H,7,10,13-14,17-19H2,1-3H3,(H2-,27,28,29,31,32,34)/p+1. The molecule has 1 aliphatic rings. The molecule has 1 aromatic heterocycles. The number of carbonyl (C=O) groups excluding carboxylic acids is 3. The lowest BCUT2D eigenvalue weighted by molar-refractivity contribution is -0.886.